The van der Waals surface area contributed by atoms with Crippen LogP contribution in [0.1, 0.15) is 25.8 Å². The first-order chi connectivity index (χ1) is 6.24. The maximum Gasteiger partial charge on any atom is 0.0450 e. The van der Waals surface area contributed by atoms with Crippen LogP contribution in [0.25, 0.3) is 0 Å². The zero-order chi connectivity index (χ0) is 9.68. The van der Waals surface area contributed by atoms with Gasteiger partial charge in [-0.2, -0.15) is 0 Å². The lowest BCUT2D eigenvalue weighted by Gasteiger charge is -2.11. The van der Waals surface area contributed by atoms with Gasteiger partial charge in [-0.15, -0.1) is 0 Å². The van der Waals surface area contributed by atoms with Crippen LogP contribution in [-0.2, 0) is 6.54 Å². The Morgan fingerprint density at radius 2 is 2.08 bits per heavy atom. The Kier molecular flexibility index (Phi) is 4.26. The monoisotopic (exact) mass is 197 g/mol. The molecule has 1 N–H and O–H groups in total. The summed E-state index contributed by atoms with van der Waals surface area (Å²) in [5.74, 6) is 0. The average molecular weight is 198 g/mol. The van der Waals surface area contributed by atoms with Crippen molar-refractivity contribution in [3.8, 4) is 0 Å². The van der Waals surface area contributed by atoms with Gasteiger partial charge in [-0.25, -0.2) is 0 Å². The lowest BCUT2D eigenvalue weighted by Crippen LogP contribution is -2.24. The quantitative estimate of drug-likeness (QED) is 0.782. The van der Waals surface area contributed by atoms with E-state index < -0.39 is 0 Å². The van der Waals surface area contributed by atoms with Crippen molar-refractivity contribution in [1.82, 2.24) is 5.32 Å². The highest BCUT2D eigenvalue weighted by Gasteiger charge is 2.00. The van der Waals surface area contributed by atoms with Crippen LogP contribution in [0.5, 0.6) is 0 Å². The normalized spacial score (nSPS) is 12.8. The summed E-state index contributed by atoms with van der Waals surface area (Å²) in [6, 6.07) is 8.50. The molecule has 0 heterocycles. The van der Waals surface area contributed by atoms with Crippen molar-refractivity contribution in [2.24, 2.45) is 0 Å². The van der Waals surface area contributed by atoms with E-state index in [0.717, 1.165) is 18.0 Å². The van der Waals surface area contributed by atoms with Crippen LogP contribution < -0.4 is 5.32 Å². The standard InChI is InChI=1S/C11H16ClN/c1-3-9(2)13-8-10-6-4-5-7-11(10)12/h4-7,9,13H,3,8H2,1-2H3. The minimum absolute atomic E-state index is 0.552. The number of hydrogen-bond acceptors (Lipinski definition) is 1. The van der Waals surface area contributed by atoms with Gasteiger partial charge in [0.25, 0.3) is 0 Å². The highest BCUT2D eigenvalue weighted by molar-refractivity contribution is 6.31. The molecular formula is C11H16ClN. The van der Waals surface area contributed by atoms with Crippen molar-refractivity contribution in [3.05, 3.63) is 34.9 Å². The summed E-state index contributed by atoms with van der Waals surface area (Å²) in [5.41, 5.74) is 1.17. The Bertz CT molecular complexity index is 260. The van der Waals surface area contributed by atoms with E-state index in [1.807, 2.05) is 18.2 Å². The van der Waals surface area contributed by atoms with E-state index in [1.54, 1.807) is 0 Å². The molecule has 1 rings (SSSR count). The first-order valence-electron chi connectivity index (χ1n) is 4.70. The SMILES string of the molecule is CCC(C)NCc1ccccc1Cl. The zero-order valence-electron chi connectivity index (χ0n) is 8.18. The summed E-state index contributed by atoms with van der Waals surface area (Å²) in [4.78, 5) is 0. The van der Waals surface area contributed by atoms with Crippen LogP contribution in [0.2, 0.25) is 5.02 Å². The van der Waals surface area contributed by atoms with Gasteiger partial charge in [0.2, 0.25) is 0 Å². The van der Waals surface area contributed by atoms with Gasteiger partial charge >= 0.3 is 0 Å². The smallest absolute Gasteiger partial charge is 0.0450 e. The Morgan fingerprint density at radius 3 is 2.69 bits per heavy atom. The van der Waals surface area contributed by atoms with E-state index in [0.29, 0.717) is 6.04 Å². The van der Waals surface area contributed by atoms with Gasteiger partial charge in [0.05, 0.1) is 0 Å². The van der Waals surface area contributed by atoms with Gasteiger partial charge < -0.3 is 5.32 Å². The second-order valence-electron chi connectivity index (χ2n) is 3.28. The van der Waals surface area contributed by atoms with E-state index in [4.69, 9.17) is 11.6 Å². The highest BCUT2D eigenvalue weighted by atomic mass is 35.5. The summed E-state index contributed by atoms with van der Waals surface area (Å²) in [6.45, 7) is 5.20. The molecule has 1 aromatic rings. The molecule has 0 aliphatic carbocycles. The van der Waals surface area contributed by atoms with Gasteiger partial charge in [0.15, 0.2) is 0 Å². The van der Waals surface area contributed by atoms with Crippen molar-refractivity contribution in [2.45, 2.75) is 32.9 Å². The molecule has 0 aliphatic heterocycles. The van der Waals surface area contributed by atoms with Crippen LogP contribution in [-0.4, -0.2) is 6.04 Å². The summed E-state index contributed by atoms with van der Waals surface area (Å²) in [6.07, 6.45) is 1.14. The molecular weight excluding hydrogens is 182 g/mol. The fraction of sp³-hybridized carbons (Fsp3) is 0.455. The number of halogens is 1. The molecule has 13 heavy (non-hydrogen) atoms. The Morgan fingerprint density at radius 1 is 1.38 bits per heavy atom. The van der Waals surface area contributed by atoms with E-state index >= 15 is 0 Å². The number of nitrogens with one attached hydrogen (secondary N) is 1. The Hall–Kier alpha value is -0.530. The average Bonchev–Trinajstić information content (AvgIpc) is 2.16. The summed E-state index contributed by atoms with van der Waals surface area (Å²) in [7, 11) is 0. The maximum atomic E-state index is 6.01. The molecule has 1 nitrogen and oxygen atoms in total. The van der Waals surface area contributed by atoms with Crippen molar-refractivity contribution < 1.29 is 0 Å². The molecule has 0 fully saturated rings. The van der Waals surface area contributed by atoms with E-state index in [1.165, 1.54) is 5.56 Å². The van der Waals surface area contributed by atoms with Crippen LogP contribution in [0.4, 0.5) is 0 Å². The van der Waals surface area contributed by atoms with Gasteiger partial charge in [-0.3, -0.25) is 0 Å². The third-order valence-electron chi connectivity index (χ3n) is 2.21. The Labute approximate surface area is 85.1 Å². The third-order valence-corrected chi connectivity index (χ3v) is 2.58. The topological polar surface area (TPSA) is 12.0 Å². The number of benzene rings is 1. The summed E-state index contributed by atoms with van der Waals surface area (Å²) in [5, 5.41) is 4.25. The van der Waals surface area contributed by atoms with Crippen molar-refractivity contribution in [1.29, 1.82) is 0 Å². The van der Waals surface area contributed by atoms with E-state index in [2.05, 4.69) is 25.2 Å². The molecule has 72 valence electrons. The van der Waals surface area contributed by atoms with Crippen molar-refractivity contribution in [3.63, 3.8) is 0 Å². The van der Waals surface area contributed by atoms with Crippen LogP contribution in [0, 0.1) is 0 Å². The molecule has 0 amide bonds. The third kappa shape index (κ3) is 3.37. The largest absolute Gasteiger partial charge is 0.310 e. The van der Waals surface area contributed by atoms with Crippen LogP contribution in [0.3, 0.4) is 0 Å². The van der Waals surface area contributed by atoms with Crippen LogP contribution >= 0.6 is 11.6 Å². The predicted molar refractivity (Wildman–Crippen MR) is 58.0 cm³/mol. The zero-order valence-corrected chi connectivity index (χ0v) is 8.93. The second-order valence-corrected chi connectivity index (χ2v) is 3.69. The Balaban J connectivity index is 2.50. The van der Waals surface area contributed by atoms with Gasteiger partial charge in [0.1, 0.15) is 0 Å². The van der Waals surface area contributed by atoms with Crippen molar-refractivity contribution >= 4 is 11.6 Å². The lowest BCUT2D eigenvalue weighted by atomic mass is 10.2. The van der Waals surface area contributed by atoms with Crippen LogP contribution in [0.15, 0.2) is 24.3 Å². The molecule has 0 radical (unpaired) electrons. The van der Waals surface area contributed by atoms with E-state index in [-0.39, 0.29) is 0 Å². The molecule has 0 aromatic heterocycles. The minimum atomic E-state index is 0.552. The molecule has 0 saturated heterocycles. The predicted octanol–water partition coefficient (Wildman–Crippen LogP) is 3.23. The maximum absolute atomic E-state index is 6.01. The van der Waals surface area contributed by atoms with E-state index in [9.17, 15) is 0 Å². The molecule has 1 unspecified atom stereocenters. The van der Waals surface area contributed by atoms with Crippen molar-refractivity contribution in [2.75, 3.05) is 0 Å². The highest BCUT2D eigenvalue weighted by Crippen LogP contribution is 2.14. The fourth-order valence-corrected chi connectivity index (χ4v) is 1.27. The summed E-state index contributed by atoms with van der Waals surface area (Å²) >= 11 is 6.01. The summed E-state index contributed by atoms with van der Waals surface area (Å²) < 4.78 is 0. The first kappa shape index (κ1) is 10.6. The molecule has 1 atom stereocenters. The molecule has 0 spiro atoms. The lowest BCUT2D eigenvalue weighted by molar-refractivity contribution is 0.534. The van der Waals surface area contributed by atoms with Gasteiger partial charge in [-0.05, 0) is 25.0 Å². The van der Waals surface area contributed by atoms with Gasteiger partial charge in [-0.1, -0.05) is 36.7 Å². The number of hydrogen-bond donors (Lipinski definition) is 1. The number of rotatable bonds is 4. The van der Waals surface area contributed by atoms with Gasteiger partial charge in [0, 0.05) is 17.6 Å². The molecule has 0 saturated carbocycles. The molecule has 1 aromatic carbocycles. The molecule has 0 aliphatic rings. The molecule has 2 heteroatoms. The second kappa shape index (κ2) is 5.25. The first-order valence-corrected chi connectivity index (χ1v) is 5.08. The molecule has 0 bridgehead atoms. The minimum Gasteiger partial charge on any atom is -0.310 e. The fourth-order valence-electron chi connectivity index (χ4n) is 1.07.